The summed E-state index contributed by atoms with van der Waals surface area (Å²) in [5.41, 5.74) is 3.38. The van der Waals surface area contributed by atoms with Gasteiger partial charge in [-0.25, -0.2) is 5.43 Å². The van der Waals surface area contributed by atoms with E-state index in [4.69, 9.17) is 9.47 Å². The molecule has 0 radical (unpaired) electrons. The Labute approximate surface area is 132 Å². The van der Waals surface area contributed by atoms with Gasteiger partial charge < -0.3 is 9.47 Å². The van der Waals surface area contributed by atoms with Crippen molar-refractivity contribution in [1.82, 2.24) is 5.43 Å². The van der Waals surface area contributed by atoms with Gasteiger partial charge in [-0.05, 0) is 30.2 Å². The number of methoxy groups -OCH3 is 2. The number of hydrogen-bond acceptors (Lipinski definition) is 4. The van der Waals surface area contributed by atoms with Gasteiger partial charge in [0.05, 0.1) is 20.4 Å². The molecule has 0 spiro atoms. The molecule has 0 aliphatic carbocycles. The predicted molar refractivity (Wildman–Crippen MR) is 88.7 cm³/mol. The maximum absolute atomic E-state index is 11.6. The van der Waals surface area contributed by atoms with Crippen molar-refractivity contribution in [1.29, 1.82) is 0 Å². The third-order valence-corrected chi connectivity index (χ3v) is 3.32. The first-order chi connectivity index (χ1) is 10.7. The molecule has 0 bridgehead atoms. The van der Waals surface area contributed by atoms with Gasteiger partial charge in [-0.1, -0.05) is 32.6 Å². The molecule has 0 aliphatic heterocycles. The molecule has 1 N–H and O–H groups in total. The summed E-state index contributed by atoms with van der Waals surface area (Å²) in [6.45, 7) is 2.18. The fraction of sp³-hybridized carbons (Fsp3) is 0.529. The number of rotatable bonds is 10. The lowest BCUT2D eigenvalue weighted by atomic mass is 10.1. The number of amides is 1. The van der Waals surface area contributed by atoms with Crippen LogP contribution >= 0.6 is 0 Å². The number of carbonyl (C=O) groups excluding carboxylic acids is 1. The smallest absolute Gasteiger partial charge is 0.240 e. The Balaban J connectivity index is 2.37. The van der Waals surface area contributed by atoms with Crippen molar-refractivity contribution in [2.75, 3.05) is 14.2 Å². The normalized spacial score (nSPS) is 10.7. The van der Waals surface area contributed by atoms with Crippen LogP contribution in [-0.4, -0.2) is 26.3 Å². The van der Waals surface area contributed by atoms with E-state index in [0.29, 0.717) is 17.9 Å². The van der Waals surface area contributed by atoms with Gasteiger partial charge >= 0.3 is 0 Å². The van der Waals surface area contributed by atoms with Crippen LogP contribution in [0.5, 0.6) is 11.5 Å². The minimum Gasteiger partial charge on any atom is -0.493 e. The molecule has 0 heterocycles. The van der Waals surface area contributed by atoms with Gasteiger partial charge in [0.25, 0.3) is 0 Å². The molecule has 5 nitrogen and oxygen atoms in total. The zero-order valence-corrected chi connectivity index (χ0v) is 13.7. The summed E-state index contributed by atoms with van der Waals surface area (Å²) in [4.78, 5) is 11.6. The number of benzene rings is 1. The Bertz CT molecular complexity index is 487. The van der Waals surface area contributed by atoms with Crippen LogP contribution in [0.2, 0.25) is 0 Å². The number of hydrazone groups is 1. The number of ether oxygens (including phenoxy) is 2. The van der Waals surface area contributed by atoms with Crippen molar-refractivity contribution in [2.45, 2.75) is 45.4 Å². The van der Waals surface area contributed by atoms with Crippen LogP contribution in [0, 0.1) is 0 Å². The molecule has 0 atom stereocenters. The molecule has 22 heavy (non-hydrogen) atoms. The molecular formula is C17H26N2O3. The van der Waals surface area contributed by atoms with E-state index in [1.165, 1.54) is 19.3 Å². The van der Waals surface area contributed by atoms with Crippen LogP contribution in [0.15, 0.2) is 23.3 Å². The fourth-order valence-corrected chi connectivity index (χ4v) is 2.06. The monoisotopic (exact) mass is 306 g/mol. The van der Waals surface area contributed by atoms with Crippen LogP contribution in [0.25, 0.3) is 0 Å². The van der Waals surface area contributed by atoms with Crippen molar-refractivity contribution in [3.63, 3.8) is 0 Å². The van der Waals surface area contributed by atoms with Crippen LogP contribution in [-0.2, 0) is 4.79 Å². The van der Waals surface area contributed by atoms with Crippen molar-refractivity contribution in [3.8, 4) is 11.5 Å². The van der Waals surface area contributed by atoms with E-state index in [1.54, 1.807) is 32.6 Å². The van der Waals surface area contributed by atoms with E-state index in [0.717, 1.165) is 18.4 Å². The highest BCUT2D eigenvalue weighted by molar-refractivity contribution is 5.83. The molecule has 1 amide bonds. The first-order valence-corrected chi connectivity index (χ1v) is 7.75. The topological polar surface area (TPSA) is 59.9 Å². The van der Waals surface area contributed by atoms with Gasteiger partial charge in [0.2, 0.25) is 5.91 Å². The maximum atomic E-state index is 11.6. The summed E-state index contributed by atoms with van der Waals surface area (Å²) >= 11 is 0. The molecule has 5 heteroatoms. The SMILES string of the molecule is CCCCCCCC(=O)NN=Cc1ccc(OC)c(OC)c1. The molecular weight excluding hydrogens is 280 g/mol. The Kier molecular flexibility index (Phi) is 8.72. The summed E-state index contributed by atoms with van der Waals surface area (Å²) in [5.74, 6) is 1.25. The Morgan fingerprint density at radius 2 is 1.86 bits per heavy atom. The highest BCUT2D eigenvalue weighted by atomic mass is 16.5. The fourth-order valence-electron chi connectivity index (χ4n) is 2.06. The lowest BCUT2D eigenvalue weighted by Gasteiger charge is -2.07. The Hall–Kier alpha value is -2.04. The summed E-state index contributed by atoms with van der Waals surface area (Å²) in [5, 5.41) is 3.97. The van der Waals surface area contributed by atoms with Crippen LogP contribution in [0.1, 0.15) is 51.0 Å². The first-order valence-electron chi connectivity index (χ1n) is 7.75. The molecule has 0 aromatic heterocycles. The molecule has 0 saturated carbocycles. The molecule has 1 rings (SSSR count). The van der Waals surface area contributed by atoms with Gasteiger partial charge in [0.1, 0.15) is 0 Å². The second-order valence-electron chi connectivity index (χ2n) is 5.07. The lowest BCUT2D eigenvalue weighted by molar-refractivity contribution is -0.121. The molecule has 0 fully saturated rings. The quantitative estimate of drug-likeness (QED) is 0.409. The van der Waals surface area contributed by atoms with Crippen molar-refractivity contribution >= 4 is 12.1 Å². The number of nitrogens with one attached hydrogen (secondary N) is 1. The summed E-state index contributed by atoms with van der Waals surface area (Å²) < 4.78 is 10.4. The van der Waals surface area contributed by atoms with Crippen molar-refractivity contribution < 1.29 is 14.3 Å². The van der Waals surface area contributed by atoms with Gasteiger partial charge in [0, 0.05) is 6.42 Å². The number of unbranched alkanes of at least 4 members (excludes halogenated alkanes) is 4. The minimum atomic E-state index is -0.0479. The zero-order chi connectivity index (χ0) is 16.2. The average molecular weight is 306 g/mol. The van der Waals surface area contributed by atoms with E-state index in [-0.39, 0.29) is 5.91 Å². The standard InChI is InChI=1S/C17H26N2O3/c1-4-5-6-7-8-9-17(20)19-18-13-14-10-11-15(21-2)16(12-14)22-3/h10-13H,4-9H2,1-3H3,(H,19,20). The van der Waals surface area contributed by atoms with Crippen LogP contribution in [0.4, 0.5) is 0 Å². The zero-order valence-electron chi connectivity index (χ0n) is 13.7. The van der Waals surface area contributed by atoms with Crippen molar-refractivity contribution in [2.24, 2.45) is 5.10 Å². The molecule has 0 saturated heterocycles. The Morgan fingerprint density at radius 1 is 1.14 bits per heavy atom. The largest absolute Gasteiger partial charge is 0.493 e. The molecule has 1 aromatic rings. The van der Waals surface area contributed by atoms with Gasteiger partial charge in [-0.15, -0.1) is 0 Å². The van der Waals surface area contributed by atoms with Gasteiger partial charge in [-0.3, -0.25) is 4.79 Å². The van der Waals surface area contributed by atoms with Crippen LogP contribution < -0.4 is 14.9 Å². The second-order valence-corrected chi connectivity index (χ2v) is 5.07. The van der Waals surface area contributed by atoms with E-state index in [9.17, 15) is 4.79 Å². The predicted octanol–water partition coefficient (Wildman–Crippen LogP) is 3.51. The molecule has 0 aliphatic rings. The summed E-state index contributed by atoms with van der Waals surface area (Å²) in [7, 11) is 3.17. The van der Waals surface area contributed by atoms with Gasteiger partial charge in [-0.2, -0.15) is 5.10 Å². The Morgan fingerprint density at radius 3 is 2.55 bits per heavy atom. The van der Waals surface area contributed by atoms with E-state index < -0.39 is 0 Å². The second kappa shape index (κ2) is 10.7. The summed E-state index contributed by atoms with van der Waals surface area (Å²) in [6, 6.07) is 5.46. The minimum absolute atomic E-state index is 0.0479. The number of nitrogens with zero attached hydrogens (tertiary/aromatic N) is 1. The van der Waals surface area contributed by atoms with Crippen LogP contribution in [0.3, 0.4) is 0 Å². The molecule has 122 valence electrons. The number of hydrogen-bond donors (Lipinski definition) is 1. The van der Waals surface area contributed by atoms with E-state index in [2.05, 4.69) is 17.5 Å². The molecule has 1 aromatic carbocycles. The lowest BCUT2D eigenvalue weighted by Crippen LogP contribution is -2.16. The number of carbonyl (C=O) groups is 1. The van der Waals surface area contributed by atoms with Crippen molar-refractivity contribution in [3.05, 3.63) is 23.8 Å². The maximum Gasteiger partial charge on any atom is 0.240 e. The third-order valence-electron chi connectivity index (χ3n) is 3.32. The average Bonchev–Trinajstić information content (AvgIpc) is 2.54. The highest BCUT2D eigenvalue weighted by Crippen LogP contribution is 2.26. The summed E-state index contributed by atoms with van der Waals surface area (Å²) in [6.07, 6.45) is 7.77. The van der Waals surface area contributed by atoms with Gasteiger partial charge in [0.15, 0.2) is 11.5 Å². The van der Waals surface area contributed by atoms with E-state index >= 15 is 0 Å². The highest BCUT2D eigenvalue weighted by Gasteiger charge is 2.03. The third kappa shape index (κ3) is 6.61. The molecule has 0 unspecified atom stereocenters. The first kappa shape index (κ1) is 18.0. The van der Waals surface area contributed by atoms with E-state index in [1.807, 2.05) is 6.07 Å².